The van der Waals surface area contributed by atoms with Crippen LogP contribution >= 0.6 is 0 Å². The van der Waals surface area contributed by atoms with Gasteiger partial charge in [0.15, 0.2) is 0 Å². The quantitative estimate of drug-likeness (QED) is 0.212. The van der Waals surface area contributed by atoms with E-state index in [0.29, 0.717) is 0 Å². The van der Waals surface area contributed by atoms with Crippen molar-refractivity contribution in [3.05, 3.63) is 20.6 Å². The topological polar surface area (TPSA) is 123 Å². The van der Waals surface area contributed by atoms with E-state index in [9.17, 15) is 10.1 Å². The molecule has 62 valence electrons. The van der Waals surface area contributed by atoms with Crippen LogP contribution in [0.15, 0.2) is 5.11 Å². The summed E-state index contributed by atoms with van der Waals surface area (Å²) in [7, 11) is 1.39. The van der Waals surface area contributed by atoms with E-state index in [1.54, 1.807) is 0 Å². The van der Waals surface area contributed by atoms with E-state index >= 15 is 0 Å². The van der Waals surface area contributed by atoms with Crippen LogP contribution in [0.1, 0.15) is 0 Å². The summed E-state index contributed by atoms with van der Waals surface area (Å²) < 4.78 is 1.03. The first-order valence-electron chi connectivity index (χ1n) is 2.75. The van der Waals surface area contributed by atoms with Crippen LogP contribution in [0.5, 0.6) is 0 Å². The molecule has 9 nitrogen and oxygen atoms in total. The van der Waals surface area contributed by atoms with E-state index in [2.05, 4.69) is 20.1 Å². The number of nitro groups is 1. The molecule has 0 spiro atoms. The molecule has 0 aliphatic carbocycles. The van der Waals surface area contributed by atoms with E-state index in [1.807, 2.05) is 0 Å². The summed E-state index contributed by atoms with van der Waals surface area (Å²) in [5.74, 6) is -0.718. The highest BCUT2D eigenvalue weighted by atomic mass is 16.6. The second-order valence-electron chi connectivity index (χ2n) is 1.78. The molecule has 9 heteroatoms. The third-order valence-corrected chi connectivity index (χ3v) is 1.03. The standard InChI is InChI=1S/C3H3N7O2/c1-9-2(6-8-4)5-3(7-9)10(11)12/h1H3. The van der Waals surface area contributed by atoms with Gasteiger partial charge in [-0.2, -0.15) is 4.68 Å². The molecule has 1 heterocycles. The summed E-state index contributed by atoms with van der Waals surface area (Å²) in [5.41, 5.74) is 8.00. The molecule has 0 unspecified atom stereocenters. The molecule has 1 aromatic heterocycles. The van der Waals surface area contributed by atoms with Crippen molar-refractivity contribution in [2.75, 3.05) is 0 Å². The van der Waals surface area contributed by atoms with Crippen LogP contribution in [0.25, 0.3) is 10.4 Å². The van der Waals surface area contributed by atoms with Crippen molar-refractivity contribution in [1.82, 2.24) is 14.8 Å². The SMILES string of the molecule is Cn1nc([N+](=O)[O-])nc1N=[N+]=[N-]. The van der Waals surface area contributed by atoms with Gasteiger partial charge in [0.1, 0.15) is 0 Å². The minimum absolute atomic E-state index is 0.135. The molecular formula is C3H3N7O2. The van der Waals surface area contributed by atoms with Gasteiger partial charge in [-0.1, -0.05) is 0 Å². The molecule has 0 saturated heterocycles. The van der Waals surface area contributed by atoms with Gasteiger partial charge in [0.05, 0.1) is 0 Å². The zero-order chi connectivity index (χ0) is 9.14. The molecule has 0 fully saturated rings. The first-order chi connectivity index (χ1) is 5.65. The molecule has 0 radical (unpaired) electrons. The van der Waals surface area contributed by atoms with Gasteiger partial charge < -0.3 is 10.1 Å². The molecule has 12 heavy (non-hydrogen) atoms. The Morgan fingerprint density at radius 2 is 2.50 bits per heavy atom. The molecule has 0 aliphatic rings. The summed E-state index contributed by atoms with van der Waals surface area (Å²) in [6, 6.07) is 0. The fourth-order valence-corrected chi connectivity index (χ4v) is 0.567. The molecule has 0 saturated carbocycles. The molecule has 0 N–H and O–H groups in total. The van der Waals surface area contributed by atoms with Gasteiger partial charge in [-0.3, -0.25) is 0 Å². The number of hydrogen-bond acceptors (Lipinski definition) is 5. The van der Waals surface area contributed by atoms with Crippen molar-refractivity contribution in [3.63, 3.8) is 0 Å². The van der Waals surface area contributed by atoms with E-state index in [1.165, 1.54) is 7.05 Å². The van der Waals surface area contributed by atoms with Crippen LogP contribution in [0, 0.1) is 10.1 Å². The minimum atomic E-state index is -0.767. The fraction of sp³-hybridized carbons (Fsp3) is 0.333. The van der Waals surface area contributed by atoms with Crippen molar-refractivity contribution in [2.45, 2.75) is 0 Å². The van der Waals surface area contributed by atoms with Crippen molar-refractivity contribution < 1.29 is 4.92 Å². The largest absolute Gasteiger partial charge is 0.491 e. The molecule has 0 atom stereocenters. The van der Waals surface area contributed by atoms with Crippen LogP contribution in [0.4, 0.5) is 11.9 Å². The zero-order valence-electron chi connectivity index (χ0n) is 5.95. The molecule has 0 aliphatic heterocycles. The summed E-state index contributed by atoms with van der Waals surface area (Å²) in [6.07, 6.45) is 0. The lowest BCUT2D eigenvalue weighted by atomic mass is 11.0. The maximum Gasteiger partial charge on any atom is 0.491 e. The Hall–Kier alpha value is -2.15. The lowest BCUT2D eigenvalue weighted by Gasteiger charge is -1.81. The second kappa shape index (κ2) is 2.84. The van der Waals surface area contributed by atoms with Crippen LogP contribution in [0.3, 0.4) is 0 Å². The maximum absolute atomic E-state index is 10.1. The van der Waals surface area contributed by atoms with E-state index in [-0.39, 0.29) is 5.95 Å². The molecule has 0 amide bonds. The highest BCUT2D eigenvalue weighted by Crippen LogP contribution is 2.11. The van der Waals surface area contributed by atoms with Crippen molar-refractivity contribution in [2.24, 2.45) is 12.2 Å². The highest BCUT2D eigenvalue weighted by molar-refractivity contribution is 5.20. The minimum Gasteiger partial charge on any atom is -0.390 e. The zero-order valence-corrected chi connectivity index (χ0v) is 5.95. The first kappa shape index (κ1) is 7.95. The highest BCUT2D eigenvalue weighted by Gasteiger charge is 2.17. The van der Waals surface area contributed by atoms with E-state index < -0.39 is 10.9 Å². The average molecular weight is 169 g/mol. The number of aromatic nitrogens is 3. The van der Waals surface area contributed by atoms with Crippen LogP contribution in [0.2, 0.25) is 0 Å². The Kier molecular flexibility index (Phi) is 1.88. The van der Waals surface area contributed by atoms with Gasteiger partial charge in [0, 0.05) is 17.1 Å². The number of aryl methyl sites for hydroxylation is 1. The lowest BCUT2D eigenvalue weighted by Crippen LogP contribution is -1.92. The third-order valence-electron chi connectivity index (χ3n) is 1.03. The average Bonchev–Trinajstić information content (AvgIpc) is 2.34. The van der Waals surface area contributed by atoms with E-state index in [0.717, 1.165) is 4.68 Å². The number of azide groups is 1. The van der Waals surface area contributed by atoms with Gasteiger partial charge in [-0.05, 0) is 20.6 Å². The monoisotopic (exact) mass is 169 g/mol. The third kappa shape index (κ3) is 1.30. The summed E-state index contributed by atoms with van der Waals surface area (Å²) in [5, 5.41) is 16.5. The fourth-order valence-electron chi connectivity index (χ4n) is 0.567. The molecule has 1 rings (SSSR count). The predicted octanol–water partition coefficient (Wildman–Crippen LogP) is 0.665. The van der Waals surface area contributed by atoms with Gasteiger partial charge in [-0.15, -0.1) is 0 Å². The number of hydrogen-bond donors (Lipinski definition) is 0. The van der Waals surface area contributed by atoms with Crippen LogP contribution in [-0.2, 0) is 7.05 Å². The normalized spacial score (nSPS) is 9.08. The van der Waals surface area contributed by atoms with E-state index in [4.69, 9.17) is 5.53 Å². The first-order valence-corrected chi connectivity index (χ1v) is 2.75. The lowest BCUT2D eigenvalue weighted by molar-refractivity contribution is -0.394. The summed E-state index contributed by atoms with van der Waals surface area (Å²) >= 11 is 0. The summed E-state index contributed by atoms with van der Waals surface area (Å²) in [4.78, 5) is 15.1. The number of nitrogens with zero attached hydrogens (tertiary/aromatic N) is 7. The molecule has 0 aromatic carbocycles. The second-order valence-corrected chi connectivity index (χ2v) is 1.78. The van der Waals surface area contributed by atoms with Crippen LogP contribution < -0.4 is 0 Å². The van der Waals surface area contributed by atoms with Crippen molar-refractivity contribution in [3.8, 4) is 0 Å². The Morgan fingerprint density at radius 1 is 1.83 bits per heavy atom. The van der Waals surface area contributed by atoms with Gasteiger partial charge >= 0.3 is 11.9 Å². The summed E-state index contributed by atoms with van der Waals surface area (Å²) in [6.45, 7) is 0. The smallest absolute Gasteiger partial charge is 0.390 e. The van der Waals surface area contributed by atoms with Crippen molar-refractivity contribution in [1.29, 1.82) is 0 Å². The Labute approximate surface area is 65.4 Å². The Bertz CT molecular complexity index is 361. The predicted molar refractivity (Wildman–Crippen MR) is 36.5 cm³/mol. The van der Waals surface area contributed by atoms with Gasteiger partial charge in [-0.25, -0.2) is 0 Å². The Balaban J connectivity index is 3.16. The molecule has 0 bridgehead atoms. The van der Waals surface area contributed by atoms with Gasteiger partial charge in [0.2, 0.25) is 0 Å². The maximum atomic E-state index is 10.1. The van der Waals surface area contributed by atoms with Crippen molar-refractivity contribution >= 4 is 11.9 Å². The van der Waals surface area contributed by atoms with Gasteiger partial charge in [0.25, 0.3) is 0 Å². The molecular weight excluding hydrogens is 166 g/mol. The number of rotatable bonds is 2. The van der Waals surface area contributed by atoms with Crippen LogP contribution in [-0.4, -0.2) is 19.7 Å². The molecule has 1 aromatic rings. The Morgan fingerprint density at radius 3 is 2.92 bits per heavy atom.